The van der Waals surface area contributed by atoms with Crippen molar-refractivity contribution < 1.29 is 0 Å². The Labute approximate surface area is 167 Å². The Morgan fingerprint density at radius 3 is 1.67 bits per heavy atom. The van der Waals surface area contributed by atoms with Crippen LogP contribution in [-0.2, 0) is 11.4 Å². The summed E-state index contributed by atoms with van der Waals surface area (Å²) in [5, 5.41) is 1.70. The molecule has 0 saturated heterocycles. The molecule has 0 unspecified atom stereocenters. The maximum atomic E-state index is 4.51. The molecule has 0 spiro atoms. The summed E-state index contributed by atoms with van der Waals surface area (Å²) in [5.74, 6) is 0. The van der Waals surface area contributed by atoms with Gasteiger partial charge in [0.05, 0.1) is 54.2 Å². The normalized spacial score (nSPS) is 12.8. The minimum absolute atomic E-state index is 0.795. The van der Waals surface area contributed by atoms with Crippen LogP contribution >= 0.6 is 66.3 Å². The Morgan fingerprint density at radius 2 is 1.25 bits per heavy atom. The molecule has 4 aromatic rings. The number of thiazole rings is 2. The van der Waals surface area contributed by atoms with E-state index in [9.17, 15) is 0 Å². The number of halogens is 2. The molecule has 12 heteroatoms. The second-order valence-electron chi connectivity index (χ2n) is 4.61. The van der Waals surface area contributed by atoms with Crippen LogP contribution in [0.1, 0.15) is 0 Å². The van der Waals surface area contributed by atoms with E-state index < -0.39 is 0 Å². The zero-order valence-corrected chi connectivity index (χ0v) is 17.7. The fraction of sp³-hybridized carbons (Fsp3) is 0. The lowest BCUT2D eigenvalue weighted by molar-refractivity contribution is 1.39. The van der Waals surface area contributed by atoms with Gasteiger partial charge in [0.15, 0.2) is 0 Å². The first-order valence-corrected chi connectivity index (χ1v) is 11.0. The van der Waals surface area contributed by atoms with Gasteiger partial charge in [0.25, 0.3) is 0 Å². The molecule has 1 aliphatic heterocycles. The summed E-state index contributed by atoms with van der Waals surface area (Å²) in [6, 6.07) is 0. The van der Waals surface area contributed by atoms with Gasteiger partial charge in [-0.15, -0.1) is 22.7 Å². The van der Waals surface area contributed by atoms with Crippen molar-refractivity contribution >= 4 is 100 Å². The lowest BCUT2D eigenvalue weighted by Gasteiger charge is -2.08. The second-order valence-corrected chi connectivity index (χ2v) is 10.5. The highest BCUT2D eigenvalue weighted by Gasteiger charge is 2.28. The molecule has 0 fully saturated rings. The van der Waals surface area contributed by atoms with Crippen molar-refractivity contribution in [3.05, 3.63) is 20.0 Å². The van der Waals surface area contributed by atoms with Gasteiger partial charge in [-0.3, -0.25) is 0 Å². The minimum atomic E-state index is 0.795. The van der Waals surface area contributed by atoms with Crippen LogP contribution in [0.2, 0.25) is 0 Å². The summed E-state index contributed by atoms with van der Waals surface area (Å²) >= 11 is 12.4. The van der Waals surface area contributed by atoms with E-state index in [1.54, 1.807) is 35.1 Å². The first-order chi connectivity index (χ1) is 11.7. The molecule has 24 heavy (non-hydrogen) atoms. The van der Waals surface area contributed by atoms with Crippen molar-refractivity contribution in [1.29, 1.82) is 0 Å². The van der Waals surface area contributed by atoms with E-state index in [1.165, 1.54) is 23.1 Å². The molecule has 0 radical (unpaired) electrons. The highest BCUT2D eigenvalue weighted by molar-refractivity contribution is 9.11. The van der Waals surface area contributed by atoms with Gasteiger partial charge in [-0.25, -0.2) is 9.97 Å². The summed E-state index contributed by atoms with van der Waals surface area (Å²) in [6.07, 6.45) is 3.56. The molecule has 118 valence electrons. The molecule has 1 aliphatic rings. The van der Waals surface area contributed by atoms with Gasteiger partial charge in [0, 0.05) is 0 Å². The first kappa shape index (κ1) is 15.3. The summed E-state index contributed by atoms with van der Waals surface area (Å²) in [4.78, 5) is 8.95. The third kappa shape index (κ3) is 2.28. The first-order valence-electron chi connectivity index (χ1n) is 6.36. The largest absolute Gasteiger partial charge is 0.243 e. The highest BCUT2D eigenvalue weighted by atomic mass is 79.9. The molecule has 0 amide bonds. The Balaban J connectivity index is 1.92. The average Bonchev–Trinajstić information content (AvgIpc) is 3.31. The minimum Gasteiger partial charge on any atom is -0.243 e. The van der Waals surface area contributed by atoms with E-state index in [-0.39, 0.29) is 0 Å². The van der Waals surface area contributed by atoms with Crippen LogP contribution in [0.15, 0.2) is 28.7 Å². The molecule has 0 aliphatic carbocycles. The fourth-order valence-corrected chi connectivity index (χ4v) is 6.03. The van der Waals surface area contributed by atoms with Crippen LogP contribution in [0.4, 0.5) is 11.4 Å². The average molecular weight is 518 g/mol. The fourth-order valence-electron chi connectivity index (χ4n) is 2.40. The van der Waals surface area contributed by atoms with Crippen LogP contribution in [-0.4, -0.2) is 18.7 Å². The van der Waals surface area contributed by atoms with E-state index in [0.29, 0.717) is 0 Å². The Bertz CT molecular complexity index is 1100. The van der Waals surface area contributed by atoms with E-state index in [1.807, 2.05) is 0 Å². The number of benzene rings is 1. The lowest BCUT2D eigenvalue weighted by atomic mass is 10.0. The number of aromatic nitrogens is 4. The summed E-state index contributed by atoms with van der Waals surface area (Å²) < 4.78 is 20.0. The van der Waals surface area contributed by atoms with Crippen LogP contribution < -0.4 is 0 Å². The third-order valence-electron chi connectivity index (χ3n) is 3.31. The van der Waals surface area contributed by atoms with Gasteiger partial charge >= 0.3 is 0 Å². The van der Waals surface area contributed by atoms with E-state index in [4.69, 9.17) is 0 Å². The molecule has 4 heterocycles. The second kappa shape index (κ2) is 5.81. The molecule has 3 aromatic heterocycles. The molecule has 0 saturated carbocycles. The zero-order valence-electron chi connectivity index (χ0n) is 11.2. The van der Waals surface area contributed by atoms with Crippen LogP contribution in [0.3, 0.4) is 0 Å². The van der Waals surface area contributed by atoms with Crippen LogP contribution in [0.5, 0.6) is 0 Å². The van der Waals surface area contributed by atoms with Crippen molar-refractivity contribution in [2.45, 2.75) is 0 Å². The van der Waals surface area contributed by atoms with Gasteiger partial charge in [-0.2, -0.15) is 17.5 Å². The molecule has 6 nitrogen and oxygen atoms in total. The number of hydrogen-bond donors (Lipinski definition) is 0. The van der Waals surface area contributed by atoms with E-state index in [2.05, 4.69) is 59.3 Å². The molecule has 5 rings (SSSR count). The standard InChI is InChI=1S/C12H2Br2N6S4/c13-3-1-15-11(21-3)5-7-9(19-23-17-7)6(10-8(5)18-24-20-10)12-16-2-4(14)22-12/h1-2H. The van der Waals surface area contributed by atoms with Crippen molar-refractivity contribution in [2.24, 2.45) is 8.73 Å². The SMILES string of the molecule is Brc1cnc(-c2c3c(c(-c4ncc(Br)s4)c4nsnc24)N=S=N3)s1. The summed E-state index contributed by atoms with van der Waals surface area (Å²) in [6.45, 7) is 0. The molecule has 0 bridgehead atoms. The maximum Gasteiger partial charge on any atom is 0.128 e. The zero-order chi connectivity index (χ0) is 16.3. The van der Waals surface area contributed by atoms with Gasteiger partial charge in [0.2, 0.25) is 0 Å². The Hall–Kier alpha value is -0.920. The summed E-state index contributed by atoms with van der Waals surface area (Å²) in [7, 11) is 0. The lowest BCUT2D eigenvalue weighted by Crippen LogP contribution is -1.87. The quantitative estimate of drug-likeness (QED) is 0.279. The van der Waals surface area contributed by atoms with Gasteiger partial charge in [0.1, 0.15) is 32.4 Å². The van der Waals surface area contributed by atoms with E-state index in [0.717, 1.165) is 51.1 Å². The van der Waals surface area contributed by atoms with Crippen LogP contribution in [0, 0.1) is 0 Å². The Morgan fingerprint density at radius 1 is 0.750 bits per heavy atom. The van der Waals surface area contributed by atoms with Gasteiger partial charge < -0.3 is 0 Å². The molecule has 0 N–H and O–H groups in total. The molecule has 1 aromatic carbocycles. The van der Waals surface area contributed by atoms with Crippen molar-refractivity contribution in [1.82, 2.24) is 18.7 Å². The Kier molecular flexibility index (Phi) is 3.72. The van der Waals surface area contributed by atoms with Crippen molar-refractivity contribution in [3.63, 3.8) is 0 Å². The van der Waals surface area contributed by atoms with Gasteiger partial charge in [-0.1, -0.05) is 0 Å². The molecule has 0 atom stereocenters. The van der Waals surface area contributed by atoms with Gasteiger partial charge in [-0.05, 0) is 31.9 Å². The number of fused-ring (bicyclic) bond motifs is 2. The molecular formula is C12H2Br2N6S4. The van der Waals surface area contributed by atoms with Crippen molar-refractivity contribution in [2.75, 3.05) is 0 Å². The molecular weight excluding hydrogens is 516 g/mol. The number of nitrogens with zero attached hydrogens (tertiary/aromatic N) is 6. The number of rotatable bonds is 2. The predicted octanol–water partition coefficient (Wildman–Crippen LogP) is 6.19. The topological polar surface area (TPSA) is 76.3 Å². The highest BCUT2D eigenvalue weighted by Crippen LogP contribution is 2.53. The maximum absolute atomic E-state index is 4.51. The van der Waals surface area contributed by atoms with Crippen LogP contribution in [0.25, 0.3) is 32.2 Å². The number of hydrogen-bond acceptors (Lipinski definition) is 9. The predicted molar refractivity (Wildman–Crippen MR) is 107 cm³/mol. The van der Waals surface area contributed by atoms with Crippen molar-refractivity contribution in [3.8, 4) is 21.1 Å². The third-order valence-corrected chi connectivity index (χ3v) is 7.35. The monoisotopic (exact) mass is 516 g/mol. The van der Waals surface area contributed by atoms with E-state index >= 15 is 0 Å². The smallest absolute Gasteiger partial charge is 0.128 e. The summed E-state index contributed by atoms with van der Waals surface area (Å²) in [5.41, 5.74) is 4.95.